The van der Waals surface area contributed by atoms with Gasteiger partial charge in [-0.15, -0.1) is 10.2 Å². The fraction of sp³-hybridized carbons (Fsp3) is 0.545. The third-order valence-corrected chi connectivity index (χ3v) is 5.91. The normalized spacial score (nSPS) is 19.3. The molecule has 1 atom stereocenters. The zero-order chi connectivity index (χ0) is 20.2. The molecule has 154 valence electrons. The summed E-state index contributed by atoms with van der Waals surface area (Å²) in [7, 11) is 0. The number of likely N-dealkylation sites (tertiary alicyclic amines) is 1. The molecule has 1 aromatic carbocycles. The number of hydrogen-bond donors (Lipinski definition) is 1. The van der Waals surface area contributed by atoms with E-state index in [2.05, 4.69) is 20.1 Å². The molecule has 1 fully saturated rings. The molecule has 1 aromatic heterocycles. The lowest BCUT2D eigenvalue weighted by Crippen LogP contribution is -2.40. The topological polar surface area (TPSA) is 80.1 Å². The van der Waals surface area contributed by atoms with E-state index >= 15 is 0 Å². The number of piperidine rings is 1. The van der Waals surface area contributed by atoms with Gasteiger partial charge in [-0.3, -0.25) is 9.59 Å². The van der Waals surface area contributed by atoms with E-state index in [1.165, 1.54) is 26.2 Å². The summed E-state index contributed by atoms with van der Waals surface area (Å²) in [5.74, 6) is 2.51. The Hall–Kier alpha value is -2.70. The fourth-order valence-electron chi connectivity index (χ4n) is 4.42. The Balaban J connectivity index is 1.40. The Labute approximate surface area is 171 Å². The molecule has 7 heteroatoms. The van der Waals surface area contributed by atoms with E-state index in [4.69, 9.17) is 0 Å². The fourth-order valence-corrected chi connectivity index (χ4v) is 4.42. The van der Waals surface area contributed by atoms with Crippen molar-refractivity contribution in [3.05, 3.63) is 41.5 Å². The molecule has 29 heavy (non-hydrogen) atoms. The minimum Gasteiger partial charge on any atom is -0.342 e. The third-order valence-electron chi connectivity index (χ3n) is 5.91. The molecule has 0 saturated carbocycles. The van der Waals surface area contributed by atoms with Crippen molar-refractivity contribution in [3.8, 4) is 0 Å². The molecule has 1 saturated heterocycles. The van der Waals surface area contributed by atoms with E-state index in [1.807, 2.05) is 29.2 Å². The van der Waals surface area contributed by atoms with Crippen LogP contribution >= 0.6 is 0 Å². The van der Waals surface area contributed by atoms with Crippen LogP contribution in [0.25, 0.3) is 0 Å². The van der Waals surface area contributed by atoms with Crippen molar-refractivity contribution in [2.45, 2.75) is 64.3 Å². The number of nitrogens with one attached hydrogen (secondary N) is 1. The molecule has 1 unspecified atom stereocenters. The molecule has 1 N–H and O–H groups in total. The summed E-state index contributed by atoms with van der Waals surface area (Å²) in [6.07, 6.45) is 7.07. The van der Waals surface area contributed by atoms with Gasteiger partial charge in [0, 0.05) is 44.6 Å². The quantitative estimate of drug-likeness (QED) is 0.863. The summed E-state index contributed by atoms with van der Waals surface area (Å²) in [6, 6.07) is 7.50. The lowest BCUT2D eigenvalue weighted by molar-refractivity contribution is -0.131. The first-order chi connectivity index (χ1) is 14.1. The summed E-state index contributed by atoms with van der Waals surface area (Å²) in [5, 5.41) is 11.7. The van der Waals surface area contributed by atoms with Gasteiger partial charge in [0.15, 0.2) is 0 Å². The van der Waals surface area contributed by atoms with Crippen LogP contribution in [0.5, 0.6) is 0 Å². The first kappa shape index (κ1) is 19.6. The molecule has 2 aromatic rings. The highest BCUT2D eigenvalue weighted by Gasteiger charge is 2.29. The summed E-state index contributed by atoms with van der Waals surface area (Å²) in [6.45, 7) is 4.02. The van der Waals surface area contributed by atoms with Crippen molar-refractivity contribution < 1.29 is 9.59 Å². The van der Waals surface area contributed by atoms with Gasteiger partial charge < -0.3 is 14.8 Å². The average Bonchev–Trinajstić information content (AvgIpc) is 2.97. The number of benzene rings is 1. The standard InChI is InChI=1S/C22H29N5O2/c1-16(28)23-19-10-8-17(9-11-19)14-21(29)26-12-5-6-18(15-26)22-25-24-20-7-3-2-4-13-27(20)22/h8-11,18H,2-7,12-15H2,1H3,(H,23,28). The van der Waals surface area contributed by atoms with Crippen molar-refractivity contribution in [2.24, 2.45) is 0 Å². The van der Waals surface area contributed by atoms with Crippen molar-refractivity contribution in [2.75, 3.05) is 18.4 Å². The van der Waals surface area contributed by atoms with Crippen LogP contribution in [0.3, 0.4) is 0 Å². The average molecular weight is 396 g/mol. The maximum Gasteiger partial charge on any atom is 0.227 e. The molecule has 3 heterocycles. The van der Waals surface area contributed by atoms with Crippen molar-refractivity contribution >= 4 is 17.5 Å². The van der Waals surface area contributed by atoms with Gasteiger partial charge in [-0.25, -0.2) is 0 Å². The Morgan fingerprint density at radius 2 is 1.90 bits per heavy atom. The van der Waals surface area contributed by atoms with Crippen LogP contribution in [0.4, 0.5) is 5.69 Å². The highest BCUT2D eigenvalue weighted by Crippen LogP contribution is 2.28. The lowest BCUT2D eigenvalue weighted by Gasteiger charge is -2.32. The lowest BCUT2D eigenvalue weighted by atomic mass is 9.96. The monoisotopic (exact) mass is 395 g/mol. The van der Waals surface area contributed by atoms with Crippen molar-refractivity contribution in [1.29, 1.82) is 0 Å². The summed E-state index contributed by atoms with van der Waals surface area (Å²) in [5.41, 5.74) is 1.71. The molecule has 0 spiro atoms. The van der Waals surface area contributed by atoms with E-state index in [1.54, 1.807) is 0 Å². The molecular weight excluding hydrogens is 366 g/mol. The van der Waals surface area contributed by atoms with Gasteiger partial charge in [-0.2, -0.15) is 0 Å². The van der Waals surface area contributed by atoms with Crippen LogP contribution in [0.2, 0.25) is 0 Å². The Morgan fingerprint density at radius 3 is 2.69 bits per heavy atom. The second kappa shape index (κ2) is 8.76. The number of hydrogen-bond acceptors (Lipinski definition) is 4. The predicted octanol–water partition coefficient (Wildman–Crippen LogP) is 2.91. The molecule has 0 radical (unpaired) electrons. The minimum atomic E-state index is -0.0976. The minimum absolute atomic E-state index is 0.0976. The van der Waals surface area contributed by atoms with Gasteiger partial charge in [-0.05, 0) is 43.4 Å². The number of aromatic nitrogens is 3. The van der Waals surface area contributed by atoms with Crippen LogP contribution in [0.1, 0.15) is 62.2 Å². The number of carbonyl (C=O) groups excluding carboxylic acids is 2. The second-order valence-electron chi connectivity index (χ2n) is 8.17. The number of amides is 2. The van der Waals surface area contributed by atoms with Gasteiger partial charge in [0.1, 0.15) is 11.6 Å². The summed E-state index contributed by atoms with van der Waals surface area (Å²) < 4.78 is 2.31. The van der Waals surface area contributed by atoms with Gasteiger partial charge >= 0.3 is 0 Å². The zero-order valence-electron chi connectivity index (χ0n) is 17.1. The molecular formula is C22H29N5O2. The smallest absolute Gasteiger partial charge is 0.227 e. The first-order valence-corrected chi connectivity index (χ1v) is 10.7. The van der Waals surface area contributed by atoms with Crippen LogP contribution in [-0.2, 0) is 29.0 Å². The van der Waals surface area contributed by atoms with Crippen LogP contribution in [0.15, 0.2) is 24.3 Å². The van der Waals surface area contributed by atoms with Gasteiger partial charge in [0.25, 0.3) is 0 Å². The Bertz CT molecular complexity index is 874. The molecule has 2 aliphatic heterocycles. The maximum absolute atomic E-state index is 12.9. The summed E-state index contributed by atoms with van der Waals surface area (Å²) in [4.78, 5) is 26.0. The SMILES string of the molecule is CC(=O)Nc1ccc(CC(=O)N2CCCC(c3nnc4n3CCCCC4)C2)cc1. The van der Waals surface area contributed by atoms with Crippen LogP contribution in [0, 0.1) is 0 Å². The van der Waals surface area contributed by atoms with Crippen LogP contribution in [-0.4, -0.2) is 44.6 Å². The first-order valence-electron chi connectivity index (χ1n) is 10.7. The van der Waals surface area contributed by atoms with Gasteiger partial charge in [-0.1, -0.05) is 18.6 Å². The molecule has 4 rings (SSSR count). The van der Waals surface area contributed by atoms with E-state index in [9.17, 15) is 9.59 Å². The molecule has 2 aliphatic rings. The number of aryl methyl sites for hydroxylation is 1. The van der Waals surface area contributed by atoms with E-state index in [0.717, 1.165) is 61.8 Å². The van der Waals surface area contributed by atoms with E-state index in [-0.39, 0.29) is 17.7 Å². The highest BCUT2D eigenvalue weighted by atomic mass is 16.2. The highest BCUT2D eigenvalue weighted by molar-refractivity contribution is 5.88. The Morgan fingerprint density at radius 1 is 1.07 bits per heavy atom. The number of nitrogens with zero attached hydrogens (tertiary/aromatic N) is 4. The zero-order valence-corrected chi connectivity index (χ0v) is 17.1. The van der Waals surface area contributed by atoms with Crippen molar-refractivity contribution in [1.82, 2.24) is 19.7 Å². The van der Waals surface area contributed by atoms with Gasteiger partial charge in [0.05, 0.1) is 6.42 Å². The van der Waals surface area contributed by atoms with Gasteiger partial charge in [0.2, 0.25) is 11.8 Å². The molecule has 2 amide bonds. The van der Waals surface area contributed by atoms with E-state index < -0.39 is 0 Å². The third kappa shape index (κ3) is 4.66. The van der Waals surface area contributed by atoms with Crippen LogP contribution < -0.4 is 5.32 Å². The van der Waals surface area contributed by atoms with Crippen molar-refractivity contribution in [3.63, 3.8) is 0 Å². The summed E-state index contributed by atoms with van der Waals surface area (Å²) >= 11 is 0. The van der Waals surface area contributed by atoms with E-state index in [0.29, 0.717) is 6.42 Å². The largest absolute Gasteiger partial charge is 0.342 e. The molecule has 0 aliphatic carbocycles. The second-order valence-corrected chi connectivity index (χ2v) is 8.17. The maximum atomic E-state index is 12.9. The number of fused-ring (bicyclic) bond motifs is 1. The molecule has 0 bridgehead atoms. The number of rotatable bonds is 4. The predicted molar refractivity (Wildman–Crippen MR) is 111 cm³/mol. The number of carbonyl (C=O) groups is 2. The number of anilines is 1. The molecule has 7 nitrogen and oxygen atoms in total. The Kier molecular flexibility index (Phi) is 5.92.